The molecule has 0 bridgehead atoms. The Bertz CT molecular complexity index is 1150. The summed E-state index contributed by atoms with van der Waals surface area (Å²) in [7, 11) is 1.46. The molecule has 2 aromatic carbocycles. The zero-order chi connectivity index (χ0) is 18.1. The number of rotatable bonds is 3. The largest absolute Gasteiger partial charge is 0.491 e. The van der Waals surface area contributed by atoms with Crippen molar-refractivity contribution in [1.82, 2.24) is 9.55 Å². The first kappa shape index (κ1) is 16.0. The van der Waals surface area contributed by atoms with Gasteiger partial charge in [-0.1, -0.05) is 36.4 Å². The van der Waals surface area contributed by atoms with Gasteiger partial charge in [-0.3, -0.25) is 14.3 Å². The maximum absolute atomic E-state index is 13.8. The molecule has 0 fully saturated rings. The summed E-state index contributed by atoms with van der Waals surface area (Å²) in [5.74, 6) is -0.219. The second-order valence-electron chi connectivity index (χ2n) is 5.79. The van der Waals surface area contributed by atoms with Crippen molar-refractivity contribution in [3.05, 3.63) is 89.2 Å². The predicted octanol–water partition coefficient (Wildman–Crippen LogP) is 4.20. The molecule has 4 aromatic rings. The van der Waals surface area contributed by atoms with Crippen molar-refractivity contribution in [2.24, 2.45) is 0 Å². The number of halogens is 1. The molecule has 4 nitrogen and oxygen atoms in total. The van der Waals surface area contributed by atoms with Crippen LogP contribution in [0, 0.1) is 5.82 Å². The Morgan fingerprint density at radius 1 is 1.04 bits per heavy atom. The van der Waals surface area contributed by atoms with Crippen LogP contribution in [-0.2, 0) is 0 Å². The second-order valence-corrected chi connectivity index (χ2v) is 5.79. The molecule has 0 amide bonds. The minimum atomic E-state index is -0.414. The molecule has 2 aromatic heterocycles. The van der Waals surface area contributed by atoms with Crippen LogP contribution in [0.4, 0.5) is 4.39 Å². The van der Waals surface area contributed by atoms with E-state index in [-0.39, 0.29) is 11.3 Å². The van der Waals surface area contributed by atoms with Gasteiger partial charge < -0.3 is 4.74 Å². The van der Waals surface area contributed by atoms with Crippen molar-refractivity contribution in [2.45, 2.75) is 0 Å². The van der Waals surface area contributed by atoms with Crippen LogP contribution in [-0.4, -0.2) is 16.7 Å². The number of nitrogens with zero attached hydrogens (tertiary/aromatic N) is 2. The lowest BCUT2D eigenvalue weighted by atomic mass is 10.0. The Hall–Kier alpha value is -3.47. The maximum Gasteiger partial charge on any atom is 0.298 e. The van der Waals surface area contributed by atoms with Gasteiger partial charge >= 0.3 is 0 Å². The van der Waals surface area contributed by atoms with Crippen molar-refractivity contribution < 1.29 is 9.13 Å². The van der Waals surface area contributed by atoms with Gasteiger partial charge in [-0.25, -0.2) is 4.39 Å². The molecular weight excluding hydrogens is 331 g/mol. The third-order valence-corrected chi connectivity index (χ3v) is 4.27. The van der Waals surface area contributed by atoms with Gasteiger partial charge in [-0.05, 0) is 29.8 Å². The summed E-state index contributed by atoms with van der Waals surface area (Å²) in [5, 5.41) is 0.749. The van der Waals surface area contributed by atoms with Gasteiger partial charge in [0, 0.05) is 23.3 Å². The molecule has 0 atom stereocenters. The number of aromatic nitrogens is 2. The minimum absolute atomic E-state index is 0.195. The molecule has 0 unspecified atom stereocenters. The van der Waals surface area contributed by atoms with Gasteiger partial charge in [-0.2, -0.15) is 0 Å². The number of ether oxygens (including phenoxy) is 1. The lowest BCUT2D eigenvalue weighted by molar-refractivity contribution is 0.409. The zero-order valence-electron chi connectivity index (χ0n) is 14.0. The molecule has 0 aliphatic heterocycles. The molecule has 4 rings (SSSR count). The third-order valence-electron chi connectivity index (χ3n) is 4.27. The van der Waals surface area contributed by atoms with Crippen LogP contribution < -0.4 is 10.3 Å². The Morgan fingerprint density at radius 2 is 1.85 bits per heavy atom. The van der Waals surface area contributed by atoms with Gasteiger partial charge in [0.1, 0.15) is 5.82 Å². The highest BCUT2D eigenvalue weighted by atomic mass is 19.1. The van der Waals surface area contributed by atoms with Crippen LogP contribution in [0.3, 0.4) is 0 Å². The zero-order valence-corrected chi connectivity index (χ0v) is 14.0. The van der Waals surface area contributed by atoms with E-state index in [1.165, 1.54) is 23.8 Å². The monoisotopic (exact) mass is 346 g/mol. The standard InChI is InChI=1S/C21H15FN2O2/c1-26-20-19(14-6-3-2-4-7-14)17-13-23-11-10-18(17)24(21(20)25)16-9-5-8-15(22)12-16/h2-13H,1H3. The summed E-state index contributed by atoms with van der Waals surface area (Å²) in [5.41, 5.74) is 2.25. The van der Waals surface area contributed by atoms with E-state index in [1.54, 1.807) is 30.6 Å². The number of pyridine rings is 2. The Balaban J connectivity index is 2.17. The normalized spacial score (nSPS) is 10.8. The first-order valence-electron chi connectivity index (χ1n) is 8.09. The molecule has 0 radical (unpaired) electrons. The van der Waals surface area contributed by atoms with Crippen LogP contribution in [0.25, 0.3) is 27.7 Å². The number of fused-ring (bicyclic) bond motifs is 1. The average molecular weight is 346 g/mol. The van der Waals surface area contributed by atoms with Gasteiger partial charge in [0.25, 0.3) is 5.56 Å². The van der Waals surface area contributed by atoms with Crippen LogP contribution >= 0.6 is 0 Å². The van der Waals surface area contributed by atoms with Crippen molar-refractivity contribution >= 4 is 10.9 Å². The van der Waals surface area contributed by atoms with E-state index in [1.807, 2.05) is 30.3 Å². The van der Waals surface area contributed by atoms with Gasteiger partial charge in [0.15, 0.2) is 5.75 Å². The quantitative estimate of drug-likeness (QED) is 0.558. The van der Waals surface area contributed by atoms with Crippen LogP contribution in [0.5, 0.6) is 5.75 Å². The van der Waals surface area contributed by atoms with E-state index in [9.17, 15) is 9.18 Å². The summed E-state index contributed by atoms with van der Waals surface area (Å²) >= 11 is 0. The first-order chi connectivity index (χ1) is 12.7. The van der Waals surface area contributed by atoms with Gasteiger partial charge in [-0.15, -0.1) is 0 Å². The molecular formula is C21H15FN2O2. The number of hydrogen-bond donors (Lipinski definition) is 0. The fourth-order valence-electron chi connectivity index (χ4n) is 3.17. The molecule has 0 saturated carbocycles. The van der Waals surface area contributed by atoms with Gasteiger partial charge in [0.05, 0.1) is 18.3 Å². The molecule has 0 saturated heterocycles. The molecule has 0 aliphatic rings. The number of benzene rings is 2. The maximum atomic E-state index is 13.8. The second kappa shape index (κ2) is 6.44. The number of methoxy groups -OCH3 is 1. The van der Waals surface area contributed by atoms with Crippen LogP contribution in [0.2, 0.25) is 0 Å². The Morgan fingerprint density at radius 3 is 2.58 bits per heavy atom. The van der Waals surface area contributed by atoms with E-state index < -0.39 is 5.82 Å². The average Bonchev–Trinajstić information content (AvgIpc) is 2.67. The summed E-state index contributed by atoms with van der Waals surface area (Å²) in [6, 6.07) is 17.2. The van der Waals surface area contributed by atoms with E-state index in [2.05, 4.69) is 4.98 Å². The van der Waals surface area contributed by atoms with Crippen molar-refractivity contribution in [3.8, 4) is 22.6 Å². The highest BCUT2D eigenvalue weighted by molar-refractivity contribution is 5.98. The van der Waals surface area contributed by atoms with Gasteiger partial charge in [0.2, 0.25) is 0 Å². The van der Waals surface area contributed by atoms with E-state index in [4.69, 9.17) is 4.74 Å². The molecule has 128 valence electrons. The first-order valence-corrected chi connectivity index (χ1v) is 8.09. The predicted molar refractivity (Wildman–Crippen MR) is 99.3 cm³/mol. The fraction of sp³-hybridized carbons (Fsp3) is 0.0476. The highest BCUT2D eigenvalue weighted by Gasteiger charge is 2.20. The fourth-order valence-corrected chi connectivity index (χ4v) is 3.17. The molecule has 0 spiro atoms. The molecule has 5 heteroatoms. The summed E-state index contributed by atoms with van der Waals surface area (Å²) < 4.78 is 20.7. The van der Waals surface area contributed by atoms with Crippen LogP contribution in [0.15, 0.2) is 77.9 Å². The smallest absolute Gasteiger partial charge is 0.298 e. The van der Waals surface area contributed by atoms with Crippen molar-refractivity contribution in [2.75, 3.05) is 7.11 Å². The number of hydrogen-bond acceptors (Lipinski definition) is 3. The topological polar surface area (TPSA) is 44.1 Å². The molecule has 0 N–H and O–H groups in total. The van der Waals surface area contributed by atoms with E-state index in [0.717, 1.165) is 10.9 Å². The summed E-state index contributed by atoms with van der Waals surface area (Å²) in [6.07, 6.45) is 3.30. The van der Waals surface area contributed by atoms with E-state index in [0.29, 0.717) is 16.8 Å². The Kier molecular flexibility index (Phi) is 3.97. The minimum Gasteiger partial charge on any atom is -0.491 e. The highest BCUT2D eigenvalue weighted by Crippen LogP contribution is 2.34. The van der Waals surface area contributed by atoms with E-state index >= 15 is 0 Å². The summed E-state index contributed by atoms with van der Waals surface area (Å²) in [6.45, 7) is 0. The lowest BCUT2D eigenvalue weighted by Crippen LogP contribution is -2.21. The lowest BCUT2D eigenvalue weighted by Gasteiger charge is -2.17. The Labute approximate surface area is 149 Å². The molecule has 0 aliphatic carbocycles. The molecule has 2 heterocycles. The third kappa shape index (κ3) is 2.54. The van der Waals surface area contributed by atoms with Crippen molar-refractivity contribution in [3.63, 3.8) is 0 Å². The molecule has 26 heavy (non-hydrogen) atoms. The van der Waals surface area contributed by atoms with Crippen LogP contribution in [0.1, 0.15) is 0 Å². The summed E-state index contributed by atoms with van der Waals surface area (Å²) in [4.78, 5) is 17.4. The van der Waals surface area contributed by atoms with Crippen molar-refractivity contribution in [1.29, 1.82) is 0 Å². The SMILES string of the molecule is COc1c(-c2ccccc2)c2cnccc2n(-c2cccc(F)c2)c1=O.